The van der Waals surface area contributed by atoms with Crippen LogP contribution in [0.25, 0.3) is 0 Å². The lowest BCUT2D eigenvalue weighted by Crippen LogP contribution is -2.49. The highest BCUT2D eigenvalue weighted by atomic mass is 79.9. The van der Waals surface area contributed by atoms with E-state index < -0.39 is 0 Å². The van der Waals surface area contributed by atoms with E-state index in [4.69, 9.17) is 4.74 Å². The summed E-state index contributed by atoms with van der Waals surface area (Å²) < 4.78 is 6.46. The normalized spacial score (nSPS) is 19.3. The van der Waals surface area contributed by atoms with E-state index >= 15 is 0 Å². The fourth-order valence-electron chi connectivity index (χ4n) is 2.70. The topological polar surface area (TPSA) is 26.3 Å². The number of benzene rings is 1. The van der Waals surface area contributed by atoms with E-state index in [1.54, 1.807) is 0 Å². The Bertz CT molecular complexity index is 429. The van der Waals surface area contributed by atoms with Crippen molar-refractivity contribution >= 4 is 21.9 Å². The van der Waals surface area contributed by atoms with Crippen LogP contribution in [0.15, 0.2) is 30.3 Å². The number of rotatable bonds is 5. The highest BCUT2D eigenvalue weighted by Crippen LogP contribution is 2.24. The van der Waals surface area contributed by atoms with Gasteiger partial charge in [-0.2, -0.15) is 0 Å². The minimum absolute atomic E-state index is 0.195. The minimum Gasteiger partial charge on any atom is -0.459 e. The smallest absolute Gasteiger partial charge is 0.324 e. The first-order chi connectivity index (χ1) is 9.61. The van der Waals surface area contributed by atoms with Crippen molar-refractivity contribution in [3.05, 3.63) is 35.9 Å². The Kier molecular flexibility index (Phi) is 5.61. The van der Waals surface area contributed by atoms with Gasteiger partial charge in [0.25, 0.3) is 0 Å². The first-order valence-electron chi connectivity index (χ1n) is 7.30. The number of likely N-dealkylation sites (N-methyl/N-ethyl adjacent to an activating group) is 1. The van der Waals surface area contributed by atoms with Crippen molar-refractivity contribution in [2.75, 3.05) is 33.3 Å². The van der Waals surface area contributed by atoms with Gasteiger partial charge in [-0.1, -0.05) is 46.3 Å². The zero-order valence-corrected chi connectivity index (χ0v) is 13.6. The molecule has 0 spiro atoms. The molecule has 1 aliphatic rings. The molecule has 1 saturated heterocycles. The Morgan fingerprint density at radius 1 is 1.25 bits per heavy atom. The number of hydrogen-bond acceptors (Lipinski definition) is 2. The molecule has 1 unspecified atom stereocenters. The molecule has 2 rings (SSSR count). The summed E-state index contributed by atoms with van der Waals surface area (Å²) in [5.74, 6) is -0.195. The largest absolute Gasteiger partial charge is 0.459 e. The van der Waals surface area contributed by atoms with Gasteiger partial charge in [-0.25, -0.2) is 0 Å². The first kappa shape index (κ1) is 15.5. The molecule has 4 heteroatoms. The predicted octanol–water partition coefficient (Wildman–Crippen LogP) is 3.30. The lowest BCUT2D eigenvalue weighted by Gasteiger charge is -2.37. The summed E-state index contributed by atoms with van der Waals surface area (Å²) in [6.45, 7) is 3.83. The summed E-state index contributed by atoms with van der Waals surface area (Å²) in [6.07, 6.45) is 3.91. The van der Waals surface area contributed by atoms with Crippen molar-refractivity contribution in [2.45, 2.75) is 24.1 Å². The van der Waals surface area contributed by atoms with Crippen molar-refractivity contribution in [2.24, 2.45) is 0 Å². The number of hydrogen-bond donors (Lipinski definition) is 0. The van der Waals surface area contributed by atoms with Gasteiger partial charge in [-0.15, -0.1) is 0 Å². The molecule has 0 amide bonds. The monoisotopic (exact) mass is 340 g/mol. The Hall–Kier alpha value is -0.870. The molecule has 0 radical (unpaired) electrons. The zero-order chi connectivity index (χ0) is 14.4. The highest BCUT2D eigenvalue weighted by molar-refractivity contribution is 9.09. The van der Waals surface area contributed by atoms with Gasteiger partial charge >= 0.3 is 5.97 Å². The van der Waals surface area contributed by atoms with E-state index in [1.165, 1.54) is 32.4 Å². The number of piperidine rings is 1. The maximum absolute atomic E-state index is 12.0. The van der Waals surface area contributed by atoms with Crippen molar-refractivity contribution in [1.29, 1.82) is 0 Å². The zero-order valence-electron chi connectivity index (χ0n) is 12.1. The predicted molar refractivity (Wildman–Crippen MR) is 83.7 cm³/mol. The molecule has 1 aromatic rings. The van der Waals surface area contributed by atoms with Gasteiger partial charge in [0.2, 0.25) is 0 Å². The Morgan fingerprint density at radius 2 is 1.90 bits per heavy atom. The minimum atomic E-state index is -0.365. The summed E-state index contributed by atoms with van der Waals surface area (Å²) in [4.78, 5) is 11.6. The van der Waals surface area contributed by atoms with Crippen molar-refractivity contribution < 1.29 is 14.0 Å². The Labute approximate surface area is 129 Å². The van der Waals surface area contributed by atoms with Crippen LogP contribution in [0, 0.1) is 0 Å². The number of nitrogens with zero attached hydrogens (tertiary/aromatic N) is 1. The fraction of sp³-hybridized carbons (Fsp3) is 0.562. The van der Waals surface area contributed by atoms with Crippen LogP contribution in [0.5, 0.6) is 0 Å². The number of quaternary nitrogens is 1. The van der Waals surface area contributed by atoms with Crippen LogP contribution in [0.2, 0.25) is 0 Å². The molecular weight excluding hydrogens is 318 g/mol. The molecule has 0 aliphatic carbocycles. The first-order valence-corrected chi connectivity index (χ1v) is 8.21. The van der Waals surface area contributed by atoms with Crippen LogP contribution in [-0.4, -0.2) is 43.7 Å². The SMILES string of the molecule is C[N+]1(CCOC(=O)C(Br)c2ccccc2)CCCCC1. The maximum Gasteiger partial charge on any atom is 0.324 e. The molecule has 1 heterocycles. The summed E-state index contributed by atoms with van der Waals surface area (Å²) >= 11 is 3.41. The van der Waals surface area contributed by atoms with E-state index in [0.29, 0.717) is 6.61 Å². The highest BCUT2D eigenvalue weighted by Gasteiger charge is 2.25. The van der Waals surface area contributed by atoms with E-state index in [1.807, 2.05) is 30.3 Å². The molecule has 1 fully saturated rings. The molecule has 1 aliphatic heterocycles. The molecule has 0 saturated carbocycles. The van der Waals surface area contributed by atoms with Crippen LogP contribution in [0.1, 0.15) is 29.7 Å². The molecule has 110 valence electrons. The number of ether oxygens (including phenoxy) is 1. The van der Waals surface area contributed by atoms with E-state index in [2.05, 4.69) is 23.0 Å². The molecule has 0 bridgehead atoms. The van der Waals surface area contributed by atoms with Crippen LogP contribution < -0.4 is 0 Å². The Morgan fingerprint density at radius 3 is 2.55 bits per heavy atom. The van der Waals surface area contributed by atoms with Gasteiger partial charge in [0.05, 0.1) is 20.1 Å². The average molecular weight is 341 g/mol. The average Bonchev–Trinajstić information content (AvgIpc) is 2.48. The number of esters is 1. The summed E-state index contributed by atoms with van der Waals surface area (Å²) in [6, 6.07) is 9.65. The third-order valence-electron chi connectivity index (χ3n) is 4.07. The van der Waals surface area contributed by atoms with Gasteiger partial charge in [0, 0.05) is 0 Å². The second kappa shape index (κ2) is 7.23. The van der Waals surface area contributed by atoms with Gasteiger partial charge < -0.3 is 9.22 Å². The van der Waals surface area contributed by atoms with E-state index in [0.717, 1.165) is 16.6 Å². The summed E-state index contributed by atoms with van der Waals surface area (Å²) in [7, 11) is 2.26. The molecule has 3 nitrogen and oxygen atoms in total. The third kappa shape index (κ3) is 4.32. The van der Waals surface area contributed by atoms with Crippen molar-refractivity contribution in [1.82, 2.24) is 0 Å². The van der Waals surface area contributed by atoms with Crippen LogP contribution in [-0.2, 0) is 9.53 Å². The fourth-order valence-corrected chi connectivity index (χ4v) is 3.13. The van der Waals surface area contributed by atoms with E-state index in [9.17, 15) is 4.79 Å². The van der Waals surface area contributed by atoms with Gasteiger partial charge in [0.15, 0.2) is 0 Å². The molecule has 0 N–H and O–H groups in total. The quantitative estimate of drug-likeness (QED) is 0.467. The van der Waals surface area contributed by atoms with Gasteiger partial charge in [-0.3, -0.25) is 4.79 Å². The third-order valence-corrected chi connectivity index (χ3v) is 4.97. The number of carbonyl (C=O) groups is 1. The lowest BCUT2D eigenvalue weighted by molar-refractivity contribution is -0.914. The van der Waals surface area contributed by atoms with Gasteiger partial charge in [-0.05, 0) is 24.8 Å². The molecular formula is C16H23BrNO2+. The maximum atomic E-state index is 12.0. The second-order valence-corrected chi connectivity index (χ2v) is 6.71. The standard InChI is InChI=1S/C16H23BrNO2/c1-18(10-6-3-7-11-18)12-13-20-16(19)15(17)14-8-4-2-5-9-14/h2,4-5,8-9,15H,3,6-7,10-13H2,1H3/q+1. The van der Waals surface area contributed by atoms with E-state index in [-0.39, 0.29) is 10.8 Å². The van der Waals surface area contributed by atoms with Gasteiger partial charge in [0.1, 0.15) is 18.0 Å². The Balaban J connectivity index is 1.77. The number of carbonyl (C=O) groups excluding carboxylic acids is 1. The molecule has 0 aromatic heterocycles. The second-order valence-electron chi connectivity index (χ2n) is 5.79. The van der Waals surface area contributed by atoms with Crippen molar-refractivity contribution in [3.63, 3.8) is 0 Å². The number of likely N-dealkylation sites (tertiary alicyclic amines) is 1. The number of alkyl halides is 1. The molecule has 1 atom stereocenters. The number of halogens is 1. The van der Waals surface area contributed by atoms with Crippen LogP contribution >= 0.6 is 15.9 Å². The molecule has 1 aromatic carbocycles. The van der Waals surface area contributed by atoms with Crippen molar-refractivity contribution in [3.8, 4) is 0 Å². The van der Waals surface area contributed by atoms with Crippen LogP contribution in [0.3, 0.4) is 0 Å². The van der Waals surface area contributed by atoms with Crippen LogP contribution in [0.4, 0.5) is 0 Å². The molecule has 20 heavy (non-hydrogen) atoms. The lowest BCUT2D eigenvalue weighted by atomic mass is 10.1. The summed E-state index contributed by atoms with van der Waals surface area (Å²) in [5, 5.41) is 0. The summed E-state index contributed by atoms with van der Waals surface area (Å²) in [5.41, 5.74) is 0.941.